The fraction of sp³-hybridized carbons (Fsp3) is 0.182. The highest BCUT2D eigenvalue weighted by molar-refractivity contribution is 5.58. The first-order valence-corrected chi connectivity index (χ1v) is 9.21. The van der Waals surface area contributed by atoms with Crippen LogP contribution in [0.3, 0.4) is 0 Å². The second kappa shape index (κ2) is 11.1. The quantitative estimate of drug-likeness (QED) is 0.261. The summed E-state index contributed by atoms with van der Waals surface area (Å²) < 4.78 is 10.6. The zero-order chi connectivity index (χ0) is 22.8. The van der Waals surface area contributed by atoms with Crippen molar-refractivity contribution < 1.29 is 14.4 Å². The minimum absolute atomic E-state index is 0.0115. The Labute approximate surface area is 180 Å². The number of hydrogen-bond acceptors (Lipinski definition) is 8. The van der Waals surface area contributed by atoms with E-state index in [1.165, 1.54) is 29.8 Å². The largest absolute Gasteiger partial charge is 0.496 e. The second-order valence-electron chi connectivity index (χ2n) is 6.41. The summed E-state index contributed by atoms with van der Waals surface area (Å²) in [5.41, 5.74) is 10.6. The van der Waals surface area contributed by atoms with Crippen LogP contribution in [0.5, 0.6) is 11.5 Å². The lowest BCUT2D eigenvalue weighted by molar-refractivity contribution is -0.384. The fourth-order valence-electron chi connectivity index (χ4n) is 2.48. The summed E-state index contributed by atoms with van der Waals surface area (Å²) in [5.74, 6) is 1.45. The number of benzene rings is 3. The zero-order valence-corrected chi connectivity index (χ0v) is 17.7. The van der Waals surface area contributed by atoms with Crippen molar-refractivity contribution in [2.45, 2.75) is 13.8 Å². The number of nitro benzene ring substituents is 1. The summed E-state index contributed by atoms with van der Waals surface area (Å²) in [5, 5.41) is 21.7. The first kappa shape index (κ1) is 23.1. The third-order valence-corrected chi connectivity index (χ3v) is 4.19. The Balaban J connectivity index is 0.000000262. The van der Waals surface area contributed by atoms with Crippen LogP contribution in [-0.4, -0.2) is 19.1 Å². The van der Waals surface area contributed by atoms with Gasteiger partial charge in [0.15, 0.2) is 0 Å². The van der Waals surface area contributed by atoms with E-state index in [0.717, 1.165) is 17.0 Å². The van der Waals surface area contributed by atoms with Crippen molar-refractivity contribution in [1.29, 1.82) is 5.53 Å². The van der Waals surface area contributed by atoms with Gasteiger partial charge in [-0.3, -0.25) is 10.1 Å². The van der Waals surface area contributed by atoms with Gasteiger partial charge in [0.1, 0.15) is 17.2 Å². The number of azo groups is 1. The summed E-state index contributed by atoms with van der Waals surface area (Å²) in [6.07, 6.45) is 0. The van der Waals surface area contributed by atoms with Crippen molar-refractivity contribution in [1.82, 2.24) is 0 Å². The maximum absolute atomic E-state index is 10.1. The first-order chi connectivity index (χ1) is 14.9. The number of rotatable bonds is 6. The molecule has 0 fully saturated rings. The third-order valence-electron chi connectivity index (χ3n) is 4.19. The Morgan fingerprint density at radius 2 is 1.42 bits per heavy atom. The molecule has 0 aliphatic rings. The molecule has 0 saturated heterocycles. The molecule has 0 spiro atoms. The summed E-state index contributed by atoms with van der Waals surface area (Å²) in [6.45, 7) is 4.00. The van der Waals surface area contributed by atoms with Gasteiger partial charge in [-0.1, -0.05) is 17.7 Å². The first-order valence-electron chi connectivity index (χ1n) is 9.21. The fourth-order valence-corrected chi connectivity index (χ4v) is 2.48. The van der Waals surface area contributed by atoms with Gasteiger partial charge in [-0.25, -0.2) is 5.53 Å². The van der Waals surface area contributed by atoms with Gasteiger partial charge in [0.2, 0.25) is 0 Å². The summed E-state index contributed by atoms with van der Waals surface area (Å²) >= 11 is 0. The molecular weight excluding hydrogens is 398 g/mol. The van der Waals surface area contributed by atoms with Crippen molar-refractivity contribution in [2.75, 3.05) is 14.2 Å². The molecule has 0 aliphatic carbocycles. The van der Waals surface area contributed by atoms with Gasteiger partial charge < -0.3 is 9.47 Å². The number of aryl methyl sites for hydroxylation is 2. The number of methoxy groups -OCH3 is 2. The van der Waals surface area contributed by atoms with Gasteiger partial charge in [-0.2, -0.15) is 10.2 Å². The molecule has 0 heterocycles. The smallest absolute Gasteiger partial charge is 0.269 e. The maximum atomic E-state index is 10.1. The minimum Gasteiger partial charge on any atom is -0.496 e. The van der Waals surface area contributed by atoms with Gasteiger partial charge in [0.25, 0.3) is 5.69 Å². The number of ether oxygens (including phenoxy) is 2. The number of nitrogens with zero attached hydrogens (tertiary/aromatic N) is 4. The van der Waals surface area contributed by atoms with Gasteiger partial charge in [0.05, 0.1) is 30.5 Å². The lowest BCUT2D eigenvalue weighted by Crippen LogP contribution is -1.90. The molecule has 0 amide bonds. The molecule has 3 rings (SSSR count). The molecule has 9 heteroatoms. The van der Waals surface area contributed by atoms with Crippen LogP contribution in [0.4, 0.5) is 22.7 Å². The van der Waals surface area contributed by atoms with Crippen molar-refractivity contribution in [3.05, 3.63) is 81.9 Å². The van der Waals surface area contributed by atoms with Crippen LogP contribution in [0, 0.1) is 29.5 Å². The van der Waals surface area contributed by atoms with Crippen LogP contribution in [0.25, 0.3) is 0 Å². The number of nitro groups is 1. The Morgan fingerprint density at radius 1 is 0.839 bits per heavy atom. The highest BCUT2D eigenvalue weighted by Gasteiger charge is 2.08. The molecule has 0 unspecified atom stereocenters. The average Bonchev–Trinajstić information content (AvgIpc) is 2.79. The molecule has 0 aliphatic heterocycles. The predicted molar refractivity (Wildman–Crippen MR) is 118 cm³/mol. The maximum Gasteiger partial charge on any atom is 0.269 e. The monoisotopic (exact) mass is 421 g/mol. The summed E-state index contributed by atoms with van der Waals surface area (Å²) in [7, 11) is 3.25. The SMILES string of the molecule is COc1cc(N=Nc2ccc(C)cc2)c(OC)cc1C.N=Nc1ccc([N+](=O)[O-])cc1. The van der Waals surface area contributed by atoms with E-state index in [1.807, 2.05) is 50.2 Å². The van der Waals surface area contributed by atoms with E-state index in [2.05, 4.69) is 15.3 Å². The standard InChI is InChI=1S/C16H18N2O2.C6H5N3O2/c1-11-5-7-13(8-6-11)17-18-14-10-15(19-3)12(2)9-16(14)20-4;7-8-5-1-3-6(4-2-5)9(10)11/h5-10H,1-4H3;1-4,7H. The zero-order valence-electron chi connectivity index (χ0n) is 17.7. The molecule has 0 bridgehead atoms. The van der Waals surface area contributed by atoms with E-state index in [9.17, 15) is 10.1 Å². The van der Waals surface area contributed by atoms with E-state index < -0.39 is 4.92 Å². The Kier molecular flexibility index (Phi) is 8.32. The summed E-state index contributed by atoms with van der Waals surface area (Å²) in [4.78, 5) is 9.64. The topological polar surface area (TPSA) is 123 Å². The van der Waals surface area contributed by atoms with Gasteiger partial charge >= 0.3 is 0 Å². The van der Waals surface area contributed by atoms with Gasteiger partial charge in [-0.15, -0.1) is 5.11 Å². The highest BCUT2D eigenvalue weighted by atomic mass is 16.6. The molecular formula is C22H23N5O4. The number of non-ortho nitro benzene ring substituents is 1. The van der Waals surface area contributed by atoms with Crippen LogP contribution < -0.4 is 9.47 Å². The molecule has 3 aromatic rings. The van der Waals surface area contributed by atoms with Crippen LogP contribution in [-0.2, 0) is 0 Å². The normalized spacial score (nSPS) is 10.2. The molecule has 1 N–H and O–H groups in total. The van der Waals surface area contributed by atoms with Crippen molar-refractivity contribution >= 4 is 22.7 Å². The number of hydrogen-bond donors (Lipinski definition) is 1. The second-order valence-corrected chi connectivity index (χ2v) is 6.41. The van der Waals surface area contributed by atoms with E-state index in [0.29, 0.717) is 17.1 Å². The van der Waals surface area contributed by atoms with E-state index in [4.69, 9.17) is 15.0 Å². The Morgan fingerprint density at radius 3 is 1.94 bits per heavy atom. The van der Waals surface area contributed by atoms with Crippen molar-refractivity contribution in [3.8, 4) is 11.5 Å². The van der Waals surface area contributed by atoms with Crippen molar-refractivity contribution in [3.63, 3.8) is 0 Å². The lowest BCUT2D eigenvalue weighted by atomic mass is 10.2. The van der Waals surface area contributed by atoms with E-state index in [1.54, 1.807) is 14.2 Å². The molecule has 31 heavy (non-hydrogen) atoms. The van der Waals surface area contributed by atoms with Crippen LogP contribution >= 0.6 is 0 Å². The van der Waals surface area contributed by atoms with Crippen LogP contribution in [0.15, 0.2) is 76.0 Å². The van der Waals surface area contributed by atoms with E-state index in [-0.39, 0.29) is 5.69 Å². The molecule has 0 radical (unpaired) electrons. The molecule has 0 aromatic heterocycles. The molecule has 160 valence electrons. The Hall–Kier alpha value is -4.14. The molecule has 9 nitrogen and oxygen atoms in total. The van der Waals surface area contributed by atoms with Crippen LogP contribution in [0.2, 0.25) is 0 Å². The van der Waals surface area contributed by atoms with Gasteiger partial charge in [0, 0.05) is 18.2 Å². The minimum atomic E-state index is -0.492. The lowest BCUT2D eigenvalue weighted by Gasteiger charge is -2.09. The molecule has 0 atom stereocenters. The predicted octanol–water partition coefficient (Wildman–Crippen LogP) is 6.99. The summed E-state index contributed by atoms with van der Waals surface area (Å²) in [6, 6.07) is 17.0. The van der Waals surface area contributed by atoms with E-state index >= 15 is 0 Å². The average molecular weight is 421 g/mol. The molecule has 0 saturated carbocycles. The molecule has 3 aromatic carbocycles. The Bertz CT molecular complexity index is 1060. The van der Waals surface area contributed by atoms with Gasteiger partial charge in [-0.05, 0) is 49.7 Å². The third kappa shape index (κ3) is 6.70. The van der Waals surface area contributed by atoms with Crippen molar-refractivity contribution in [2.24, 2.45) is 15.3 Å². The van der Waals surface area contributed by atoms with Crippen LogP contribution in [0.1, 0.15) is 11.1 Å². The number of nitrogens with one attached hydrogen (secondary N) is 1. The highest BCUT2D eigenvalue weighted by Crippen LogP contribution is 2.35.